The average Bonchev–Trinajstić information content (AvgIpc) is 3.27. The molecule has 1 saturated carbocycles. The molecule has 6 nitrogen and oxygen atoms in total. The first-order chi connectivity index (χ1) is 12.1. The van der Waals surface area contributed by atoms with E-state index in [2.05, 4.69) is 10.1 Å². The average molecular weight is 338 g/mol. The van der Waals surface area contributed by atoms with E-state index in [-0.39, 0.29) is 11.3 Å². The van der Waals surface area contributed by atoms with Crippen LogP contribution in [0, 0.1) is 6.92 Å². The Kier molecular flexibility index (Phi) is 3.24. The number of nitrogens with zero attached hydrogens (tertiary/aromatic N) is 4. The summed E-state index contributed by atoms with van der Waals surface area (Å²) in [5, 5.41) is 4.09. The lowest BCUT2D eigenvalue weighted by Crippen LogP contribution is -2.48. The molecule has 1 unspecified atom stereocenters. The molecule has 2 aromatic heterocycles. The van der Waals surface area contributed by atoms with Crippen molar-refractivity contribution in [1.29, 1.82) is 0 Å². The van der Waals surface area contributed by atoms with Gasteiger partial charge in [0.05, 0.1) is 11.4 Å². The molecule has 25 heavy (non-hydrogen) atoms. The summed E-state index contributed by atoms with van der Waals surface area (Å²) >= 11 is 0. The zero-order valence-corrected chi connectivity index (χ0v) is 14.5. The van der Waals surface area contributed by atoms with Gasteiger partial charge < -0.3 is 9.42 Å². The van der Waals surface area contributed by atoms with Gasteiger partial charge in [0.15, 0.2) is 0 Å². The molecule has 1 spiro atoms. The third-order valence-corrected chi connectivity index (χ3v) is 5.96. The van der Waals surface area contributed by atoms with Crippen molar-refractivity contribution in [3.05, 3.63) is 40.8 Å². The number of carbonyl (C=O) groups is 1. The van der Waals surface area contributed by atoms with Gasteiger partial charge in [0.2, 0.25) is 5.76 Å². The number of amides is 1. The maximum atomic E-state index is 12.9. The predicted molar refractivity (Wildman–Crippen MR) is 90.4 cm³/mol. The summed E-state index contributed by atoms with van der Waals surface area (Å²) in [5.41, 5.74) is 3.32. The number of fused-ring (bicyclic) bond motifs is 2. The number of aromatic nitrogens is 3. The van der Waals surface area contributed by atoms with Crippen LogP contribution in [0.25, 0.3) is 0 Å². The van der Waals surface area contributed by atoms with Crippen LogP contribution in [-0.2, 0) is 11.8 Å². The van der Waals surface area contributed by atoms with E-state index >= 15 is 0 Å². The number of rotatable bonds is 2. The molecule has 6 heteroatoms. The lowest BCUT2D eigenvalue weighted by molar-refractivity contribution is 0.0592. The zero-order valence-electron chi connectivity index (χ0n) is 14.5. The summed E-state index contributed by atoms with van der Waals surface area (Å²) in [5.74, 6) is 1.67. The molecule has 1 saturated heterocycles. The molecule has 0 bridgehead atoms. The minimum atomic E-state index is -0.0299. The Labute approximate surface area is 146 Å². The first-order valence-corrected chi connectivity index (χ1v) is 9.23. The predicted octanol–water partition coefficient (Wildman–Crippen LogP) is 2.77. The number of likely N-dealkylation sites (tertiary alicyclic amines) is 1. The van der Waals surface area contributed by atoms with E-state index in [0.29, 0.717) is 11.7 Å². The van der Waals surface area contributed by atoms with Crippen molar-refractivity contribution in [2.24, 2.45) is 0 Å². The van der Waals surface area contributed by atoms with E-state index in [1.807, 2.05) is 24.1 Å². The molecule has 2 aromatic rings. The summed E-state index contributed by atoms with van der Waals surface area (Å²) in [7, 11) is 0. The van der Waals surface area contributed by atoms with Gasteiger partial charge in [0.25, 0.3) is 5.91 Å². The molecule has 1 atom stereocenters. The first-order valence-electron chi connectivity index (χ1n) is 9.23. The van der Waals surface area contributed by atoms with Crippen molar-refractivity contribution in [2.45, 2.75) is 56.8 Å². The van der Waals surface area contributed by atoms with Crippen LogP contribution in [0.5, 0.6) is 0 Å². The van der Waals surface area contributed by atoms with Crippen molar-refractivity contribution in [3.63, 3.8) is 0 Å². The Bertz CT molecular complexity index is 838. The molecule has 3 aliphatic rings. The van der Waals surface area contributed by atoms with Gasteiger partial charge in [0, 0.05) is 36.7 Å². The summed E-state index contributed by atoms with van der Waals surface area (Å²) in [6, 6.07) is 1.84. The second-order valence-corrected chi connectivity index (χ2v) is 7.79. The standard InChI is InChI=1S/C19H22N4O2/c1-12-20-10-14-5-7-19(17(14)21-12)6-2-8-23(11-19)18(24)16-9-15(22-25-16)13-3-4-13/h9-10,13H,2-8,11H2,1H3. The fourth-order valence-corrected chi connectivity index (χ4v) is 4.45. The van der Waals surface area contributed by atoms with Gasteiger partial charge in [0.1, 0.15) is 5.82 Å². The van der Waals surface area contributed by atoms with Gasteiger partial charge in [-0.2, -0.15) is 0 Å². The largest absolute Gasteiger partial charge is 0.351 e. The molecule has 0 N–H and O–H groups in total. The van der Waals surface area contributed by atoms with Crippen LogP contribution in [0.3, 0.4) is 0 Å². The molecule has 1 amide bonds. The third-order valence-electron chi connectivity index (χ3n) is 5.96. The fourth-order valence-electron chi connectivity index (χ4n) is 4.45. The summed E-state index contributed by atoms with van der Waals surface area (Å²) in [6.07, 6.45) is 8.42. The van der Waals surface area contributed by atoms with Crippen molar-refractivity contribution in [2.75, 3.05) is 13.1 Å². The van der Waals surface area contributed by atoms with Gasteiger partial charge in [-0.05, 0) is 51.0 Å². The summed E-state index contributed by atoms with van der Waals surface area (Å²) < 4.78 is 5.35. The smallest absolute Gasteiger partial charge is 0.292 e. The number of piperidine rings is 1. The summed E-state index contributed by atoms with van der Waals surface area (Å²) in [6.45, 7) is 3.43. The molecule has 5 rings (SSSR count). The Hall–Kier alpha value is -2.24. The van der Waals surface area contributed by atoms with Gasteiger partial charge in [-0.25, -0.2) is 9.97 Å². The number of aryl methyl sites for hydroxylation is 2. The second kappa shape index (κ2) is 5.38. The minimum Gasteiger partial charge on any atom is -0.351 e. The van der Waals surface area contributed by atoms with Gasteiger partial charge in [-0.3, -0.25) is 4.79 Å². The van der Waals surface area contributed by atoms with E-state index in [1.54, 1.807) is 0 Å². The molecular formula is C19H22N4O2. The highest BCUT2D eigenvalue weighted by Gasteiger charge is 2.45. The van der Waals surface area contributed by atoms with Crippen LogP contribution in [-0.4, -0.2) is 39.0 Å². The second-order valence-electron chi connectivity index (χ2n) is 7.79. The maximum Gasteiger partial charge on any atom is 0.292 e. The molecule has 0 aromatic carbocycles. The maximum absolute atomic E-state index is 12.9. The SMILES string of the molecule is Cc1ncc2c(n1)C1(CCCN(C(=O)c3cc(C4CC4)no3)C1)CC2. The van der Waals surface area contributed by atoms with Crippen LogP contribution in [0.1, 0.15) is 71.4 Å². The van der Waals surface area contributed by atoms with Crippen LogP contribution in [0.4, 0.5) is 0 Å². The van der Waals surface area contributed by atoms with E-state index in [1.165, 1.54) is 5.56 Å². The topological polar surface area (TPSA) is 72.1 Å². The highest BCUT2D eigenvalue weighted by atomic mass is 16.5. The van der Waals surface area contributed by atoms with Gasteiger partial charge >= 0.3 is 0 Å². The van der Waals surface area contributed by atoms with Crippen molar-refractivity contribution in [1.82, 2.24) is 20.0 Å². The molecule has 130 valence electrons. The van der Waals surface area contributed by atoms with Crippen molar-refractivity contribution in [3.8, 4) is 0 Å². The minimum absolute atomic E-state index is 0.0176. The lowest BCUT2D eigenvalue weighted by atomic mass is 9.77. The molecule has 2 fully saturated rings. The van der Waals surface area contributed by atoms with E-state index in [9.17, 15) is 4.79 Å². The van der Waals surface area contributed by atoms with Crippen LogP contribution in [0.15, 0.2) is 16.8 Å². The van der Waals surface area contributed by atoms with Gasteiger partial charge in [-0.1, -0.05) is 5.16 Å². The number of hydrogen-bond acceptors (Lipinski definition) is 5. The van der Waals surface area contributed by atoms with E-state index in [4.69, 9.17) is 9.51 Å². The molecular weight excluding hydrogens is 316 g/mol. The summed E-state index contributed by atoms with van der Waals surface area (Å²) in [4.78, 5) is 24.0. The third kappa shape index (κ3) is 2.46. The van der Waals surface area contributed by atoms with Crippen molar-refractivity contribution < 1.29 is 9.32 Å². The Morgan fingerprint density at radius 2 is 2.24 bits per heavy atom. The van der Waals surface area contributed by atoms with Crippen molar-refractivity contribution >= 4 is 5.91 Å². The lowest BCUT2D eigenvalue weighted by Gasteiger charge is -2.40. The zero-order chi connectivity index (χ0) is 17.0. The molecule has 1 aliphatic heterocycles. The Morgan fingerprint density at radius 1 is 1.36 bits per heavy atom. The Morgan fingerprint density at radius 3 is 3.08 bits per heavy atom. The Balaban J connectivity index is 1.41. The highest BCUT2D eigenvalue weighted by molar-refractivity contribution is 5.91. The molecule has 2 aliphatic carbocycles. The monoisotopic (exact) mass is 338 g/mol. The molecule has 3 heterocycles. The normalized spacial score (nSPS) is 25.4. The number of hydrogen-bond donors (Lipinski definition) is 0. The van der Waals surface area contributed by atoms with Crippen LogP contribution >= 0.6 is 0 Å². The number of carbonyl (C=O) groups excluding carboxylic acids is 1. The molecule has 0 radical (unpaired) electrons. The first kappa shape index (κ1) is 15.0. The van der Waals surface area contributed by atoms with E-state index < -0.39 is 0 Å². The highest BCUT2D eigenvalue weighted by Crippen LogP contribution is 2.44. The van der Waals surface area contributed by atoms with Crippen LogP contribution < -0.4 is 0 Å². The van der Waals surface area contributed by atoms with Gasteiger partial charge in [-0.15, -0.1) is 0 Å². The van der Waals surface area contributed by atoms with E-state index in [0.717, 1.165) is 68.8 Å². The fraction of sp³-hybridized carbons (Fsp3) is 0.579. The quantitative estimate of drug-likeness (QED) is 0.842. The van der Waals surface area contributed by atoms with Crippen LogP contribution in [0.2, 0.25) is 0 Å².